The lowest BCUT2D eigenvalue weighted by Gasteiger charge is -2.27. The summed E-state index contributed by atoms with van der Waals surface area (Å²) in [6, 6.07) is 4.34. The number of hydrogen-bond acceptors (Lipinski definition) is 4. The van der Waals surface area contributed by atoms with E-state index in [1.54, 1.807) is 0 Å². The average molecular weight is 273 g/mol. The Balaban J connectivity index is 1.72. The first-order valence-corrected chi connectivity index (χ1v) is 7.81. The molecule has 3 nitrogen and oxygen atoms in total. The minimum Gasteiger partial charge on any atom is -0.292 e. The van der Waals surface area contributed by atoms with Gasteiger partial charge in [0.15, 0.2) is 0 Å². The standard InChI is InChI=1S/C15H19N3S/c1-2-4-15-16-9-12-6-7-18(11-14(12)17-15)10-13-5-3-8-19-13/h3,5,8-9H,2,4,6-7,10-11H2,1H3. The van der Waals surface area contributed by atoms with Crippen LogP contribution in [0.5, 0.6) is 0 Å². The van der Waals surface area contributed by atoms with Gasteiger partial charge >= 0.3 is 0 Å². The van der Waals surface area contributed by atoms with Crippen molar-refractivity contribution >= 4 is 11.3 Å². The lowest BCUT2D eigenvalue weighted by atomic mass is 10.1. The molecule has 2 aromatic rings. The van der Waals surface area contributed by atoms with Gasteiger partial charge in [-0.2, -0.15) is 0 Å². The van der Waals surface area contributed by atoms with E-state index in [2.05, 4.69) is 34.3 Å². The molecule has 2 aromatic heterocycles. The zero-order valence-electron chi connectivity index (χ0n) is 11.3. The highest BCUT2D eigenvalue weighted by molar-refractivity contribution is 7.09. The fraction of sp³-hybridized carbons (Fsp3) is 0.467. The fourth-order valence-electron chi connectivity index (χ4n) is 2.50. The van der Waals surface area contributed by atoms with Crippen LogP contribution in [0.4, 0.5) is 0 Å². The SMILES string of the molecule is CCCc1ncc2c(n1)CN(Cc1cccs1)CC2. The number of fused-ring (bicyclic) bond motifs is 1. The fourth-order valence-corrected chi connectivity index (χ4v) is 3.25. The lowest BCUT2D eigenvalue weighted by Crippen LogP contribution is -2.31. The summed E-state index contributed by atoms with van der Waals surface area (Å²) in [5, 5.41) is 2.15. The molecule has 0 spiro atoms. The van der Waals surface area contributed by atoms with Crippen LogP contribution in [0.25, 0.3) is 0 Å². The summed E-state index contributed by atoms with van der Waals surface area (Å²) < 4.78 is 0. The van der Waals surface area contributed by atoms with E-state index in [0.717, 1.165) is 44.7 Å². The maximum Gasteiger partial charge on any atom is 0.128 e. The molecule has 1 aliphatic heterocycles. The van der Waals surface area contributed by atoms with Gasteiger partial charge in [0, 0.05) is 37.1 Å². The topological polar surface area (TPSA) is 29.0 Å². The summed E-state index contributed by atoms with van der Waals surface area (Å²) in [4.78, 5) is 13.1. The molecule has 0 bridgehead atoms. The van der Waals surface area contributed by atoms with E-state index in [0.29, 0.717) is 0 Å². The number of nitrogens with zero attached hydrogens (tertiary/aromatic N) is 3. The monoisotopic (exact) mass is 273 g/mol. The molecule has 0 fully saturated rings. The van der Waals surface area contributed by atoms with Crippen LogP contribution in [0.3, 0.4) is 0 Å². The van der Waals surface area contributed by atoms with Crippen molar-refractivity contribution in [2.45, 2.75) is 39.3 Å². The van der Waals surface area contributed by atoms with E-state index in [4.69, 9.17) is 4.98 Å². The Morgan fingerprint density at radius 3 is 3.16 bits per heavy atom. The summed E-state index contributed by atoms with van der Waals surface area (Å²) in [6.07, 6.45) is 5.21. The van der Waals surface area contributed by atoms with Gasteiger partial charge < -0.3 is 0 Å². The maximum absolute atomic E-state index is 4.73. The highest BCUT2D eigenvalue weighted by Crippen LogP contribution is 2.20. The van der Waals surface area contributed by atoms with Crippen LogP contribution in [0.1, 0.15) is 35.3 Å². The third-order valence-electron chi connectivity index (χ3n) is 3.51. The second-order valence-electron chi connectivity index (χ2n) is 5.05. The van der Waals surface area contributed by atoms with Crippen LogP contribution >= 0.6 is 11.3 Å². The largest absolute Gasteiger partial charge is 0.292 e. The van der Waals surface area contributed by atoms with Gasteiger partial charge in [-0.3, -0.25) is 4.90 Å². The smallest absolute Gasteiger partial charge is 0.128 e. The third-order valence-corrected chi connectivity index (χ3v) is 4.37. The highest BCUT2D eigenvalue weighted by atomic mass is 32.1. The molecule has 0 saturated carbocycles. The van der Waals surface area contributed by atoms with Crippen LogP contribution in [0.2, 0.25) is 0 Å². The first kappa shape index (κ1) is 12.8. The second-order valence-corrected chi connectivity index (χ2v) is 6.08. The normalized spacial score (nSPS) is 15.4. The van der Waals surface area contributed by atoms with Gasteiger partial charge in [-0.25, -0.2) is 9.97 Å². The zero-order valence-corrected chi connectivity index (χ0v) is 12.1. The Labute approximate surface area is 118 Å². The van der Waals surface area contributed by atoms with Crippen LogP contribution in [0, 0.1) is 0 Å². The van der Waals surface area contributed by atoms with Crippen molar-refractivity contribution in [3.8, 4) is 0 Å². The van der Waals surface area contributed by atoms with E-state index in [1.165, 1.54) is 16.1 Å². The summed E-state index contributed by atoms with van der Waals surface area (Å²) in [5.74, 6) is 0.999. The minimum atomic E-state index is 0.965. The molecule has 0 N–H and O–H groups in total. The number of aryl methyl sites for hydroxylation is 1. The second kappa shape index (κ2) is 5.80. The zero-order chi connectivity index (χ0) is 13.1. The van der Waals surface area contributed by atoms with Gasteiger partial charge in [0.05, 0.1) is 5.69 Å². The van der Waals surface area contributed by atoms with E-state index in [-0.39, 0.29) is 0 Å². The van der Waals surface area contributed by atoms with E-state index in [9.17, 15) is 0 Å². The van der Waals surface area contributed by atoms with Crippen LogP contribution < -0.4 is 0 Å². The molecule has 3 rings (SSSR count). The van der Waals surface area contributed by atoms with Gasteiger partial charge in [0.2, 0.25) is 0 Å². The maximum atomic E-state index is 4.73. The molecule has 100 valence electrons. The third kappa shape index (κ3) is 3.01. The first-order valence-electron chi connectivity index (χ1n) is 6.93. The van der Waals surface area contributed by atoms with Gasteiger partial charge in [0.25, 0.3) is 0 Å². The Kier molecular flexibility index (Phi) is 3.89. The van der Waals surface area contributed by atoms with E-state index >= 15 is 0 Å². The molecule has 0 unspecified atom stereocenters. The summed E-state index contributed by atoms with van der Waals surface area (Å²) in [7, 11) is 0. The molecule has 0 atom stereocenters. The van der Waals surface area contributed by atoms with E-state index < -0.39 is 0 Å². The van der Waals surface area contributed by atoms with Gasteiger partial charge in [0.1, 0.15) is 5.82 Å². The number of hydrogen-bond donors (Lipinski definition) is 0. The van der Waals surface area contributed by atoms with Crippen LogP contribution in [-0.4, -0.2) is 21.4 Å². The van der Waals surface area contributed by atoms with E-state index in [1.807, 2.05) is 17.5 Å². The van der Waals surface area contributed by atoms with Crippen molar-refractivity contribution in [1.29, 1.82) is 0 Å². The molecule has 4 heteroatoms. The van der Waals surface area contributed by atoms with Gasteiger partial charge in [-0.1, -0.05) is 13.0 Å². The van der Waals surface area contributed by atoms with Crippen molar-refractivity contribution in [3.05, 3.63) is 45.7 Å². The number of aromatic nitrogens is 2. The molecule has 19 heavy (non-hydrogen) atoms. The minimum absolute atomic E-state index is 0.965. The predicted molar refractivity (Wildman–Crippen MR) is 78.2 cm³/mol. The predicted octanol–water partition coefficient (Wildman–Crippen LogP) is 3.05. The molecular formula is C15H19N3S. The quantitative estimate of drug-likeness (QED) is 0.857. The number of thiophene rings is 1. The van der Waals surface area contributed by atoms with Crippen LogP contribution in [0.15, 0.2) is 23.7 Å². The number of rotatable bonds is 4. The van der Waals surface area contributed by atoms with Gasteiger partial charge in [-0.15, -0.1) is 11.3 Å². The highest BCUT2D eigenvalue weighted by Gasteiger charge is 2.18. The molecule has 0 aromatic carbocycles. The van der Waals surface area contributed by atoms with Crippen molar-refractivity contribution in [3.63, 3.8) is 0 Å². The summed E-state index contributed by atoms with van der Waals surface area (Å²) in [5.41, 5.74) is 2.57. The Bertz CT molecular complexity index is 536. The molecule has 0 amide bonds. The Hall–Kier alpha value is -1.26. The Morgan fingerprint density at radius 1 is 1.42 bits per heavy atom. The Morgan fingerprint density at radius 2 is 2.37 bits per heavy atom. The van der Waals surface area contributed by atoms with Gasteiger partial charge in [-0.05, 0) is 29.9 Å². The average Bonchev–Trinajstić information content (AvgIpc) is 2.92. The summed E-state index contributed by atoms with van der Waals surface area (Å²) in [6.45, 7) is 5.30. The van der Waals surface area contributed by atoms with Crippen molar-refractivity contribution in [2.24, 2.45) is 0 Å². The molecular weight excluding hydrogens is 254 g/mol. The van der Waals surface area contributed by atoms with Crippen molar-refractivity contribution < 1.29 is 0 Å². The summed E-state index contributed by atoms with van der Waals surface area (Å²) >= 11 is 1.83. The molecule has 3 heterocycles. The van der Waals surface area contributed by atoms with Crippen molar-refractivity contribution in [2.75, 3.05) is 6.54 Å². The van der Waals surface area contributed by atoms with Crippen LogP contribution in [-0.2, 0) is 25.9 Å². The molecule has 0 radical (unpaired) electrons. The molecule has 0 aliphatic carbocycles. The van der Waals surface area contributed by atoms with Crippen molar-refractivity contribution in [1.82, 2.24) is 14.9 Å². The molecule has 0 saturated heterocycles. The molecule has 1 aliphatic rings. The first-order chi connectivity index (χ1) is 9.35. The lowest BCUT2D eigenvalue weighted by molar-refractivity contribution is 0.243.